The fraction of sp³-hybridized carbons (Fsp3) is 0.0800. The molecule has 0 saturated heterocycles. The molecule has 0 saturated carbocycles. The quantitative estimate of drug-likeness (QED) is 0.352. The summed E-state index contributed by atoms with van der Waals surface area (Å²) < 4.78 is 66.4. The topological polar surface area (TPSA) is 135 Å². The average Bonchev–Trinajstić information content (AvgIpc) is 2.82. The number of fused-ring (bicyclic) bond motifs is 2. The minimum absolute atomic E-state index is 0.0457. The minimum Gasteiger partial charge on any atom is -0.506 e. The zero-order valence-electron chi connectivity index (χ0n) is 19.3. The predicted molar refractivity (Wildman–Crippen MR) is 139 cm³/mol. The lowest BCUT2D eigenvalue weighted by atomic mass is 10.1. The van der Waals surface area contributed by atoms with Gasteiger partial charge in [0.1, 0.15) is 17.1 Å². The van der Waals surface area contributed by atoms with E-state index >= 15 is 0 Å². The van der Waals surface area contributed by atoms with Gasteiger partial charge in [-0.1, -0.05) is 24.3 Å². The lowest BCUT2D eigenvalue weighted by Gasteiger charge is -2.22. The van der Waals surface area contributed by atoms with Crippen LogP contribution in [0.5, 0.6) is 5.75 Å². The number of rotatable bonds is 5. The lowest BCUT2D eigenvalue weighted by molar-refractivity contribution is 0.477. The van der Waals surface area contributed by atoms with Crippen LogP contribution in [0.4, 0.5) is 15.8 Å². The zero-order valence-corrected chi connectivity index (χ0v) is 20.9. The molecule has 37 heavy (non-hydrogen) atoms. The fourth-order valence-corrected chi connectivity index (χ4v) is 6.10. The Balaban J connectivity index is 1.67. The number of para-hydroxylation sites is 1. The summed E-state index contributed by atoms with van der Waals surface area (Å²) in [6, 6.07) is 16.1. The first-order valence-corrected chi connectivity index (χ1v) is 14.3. The van der Waals surface area contributed by atoms with Crippen LogP contribution in [-0.4, -0.2) is 32.8 Å². The van der Waals surface area contributed by atoms with E-state index in [9.17, 15) is 31.1 Å². The maximum atomic E-state index is 13.7. The third-order valence-corrected chi connectivity index (χ3v) is 7.91. The van der Waals surface area contributed by atoms with Gasteiger partial charge in [0, 0.05) is 11.1 Å². The number of sulfonamides is 1. The maximum absolute atomic E-state index is 13.7. The summed E-state index contributed by atoms with van der Waals surface area (Å²) in [5.41, 5.74) is 0.139. The lowest BCUT2D eigenvalue weighted by Crippen LogP contribution is -2.27. The molecule has 4 aromatic rings. The molecule has 0 unspecified atom stereocenters. The molecule has 1 aliphatic heterocycles. The van der Waals surface area contributed by atoms with Crippen LogP contribution in [0.1, 0.15) is 11.1 Å². The Morgan fingerprint density at radius 1 is 1.05 bits per heavy atom. The van der Waals surface area contributed by atoms with E-state index < -0.39 is 37.0 Å². The van der Waals surface area contributed by atoms with Gasteiger partial charge in [0.15, 0.2) is 0 Å². The number of aromatic hydroxyl groups is 1. The number of hydrogen-bond donors (Lipinski definition) is 3. The van der Waals surface area contributed by atoms with Gasteiger partial charge in [0.2, 0.25) is 19.9 Å². The molecule has 0 fully saturated rings. The monoisotopic (exact) mass is 541 g/mol. The molecule has 2 heterocycles. The number of aromatic nitrogens is 1. The third-order valence-electron chi connectivity index (χ3n) is 5.80. The summed E-state index contributed by atoms with van der Waals surface area (Å²) in [7, 11) is -7.78. The first-order chi connectivity index (χ1) is 17.4. The van der Waals surface area contributed by atoms with E-state index in [4.69, 9.17) is 0 Å². The van der Waals surface area contributed by atoms with Crippen molar-refractivity contribution >= 4 is 47.8 Å². The van der Waals surface area contributed by atoms with Crippen molar-refractivity contribution in [2.24, 2.45) is 0 Å². The molecule has 0 spiro atoms. The summed E-state index contributed by atoms with van der Waals surface area (Å²) in [4.78, 5) is 13.5. The highest BCUT2D eigenvalue weighted by atomic mass is 32.2. The van der Waals surface area contributed by atoms with E-state index in [0.717, 1.165) is 11.7 Å². The van der Waals surface area contributed by atoms with Crippen LogP contribution in [-0.2, 0) is 26.4 Å². The molecule has 3 aromatic carbocycles. The van der Waals surface area contributed by atoms with Crippen LogP contribution in [0.3, 0.4) is 0 Å². The third kappa shape index (κ3) is 4.68. The second kappa shape index (κ2) is 8.75. The second-order valence-electron chi connectivity index (χ2n) is 8.55. The Labute approximate surface area is 211 Å². The number of halogens is 1. The van der Waals surface area contributed by atoms with Crippen molar-refractivity contribution in [3.8, 4) is 5.75 Å². The highest BCUT2D eigenvalue weighted by Gasteiger charge is 2.29. The second-order valence-corrected chi connectivity index (χ2v) is 12.1. The standard InChI is InChI=1S/C25H20FN3O6S2/c1-36(32,33)28-17-10-11-19-22(12-17)37(34,35)14-20(27-19)23-24(30)18-4-2-3-5-21(18)29(25(23)31)13-15-6-8-16(26)9-7-15/h2-12,14,27-28,30H,13H2,1H3. The first kappa shape index (κ1) is 24.5. The number of pyridine rings is 1. The molecule has 5 rings (SSSR count). The summed E-state index contributed by atoms with van der Waals surface area (Å²) in [5.74, 6) is -0.827. The molecule has 0 amide bonds. The minimum atomic E-state index is -4.14. The van der Waals surface area contributed by atoms with E-state index in [0.29, 0.717) is 16.5 Å². The molecule has 0 bridgehead atoms. The molecule has 0 aliphatic carbocycles. The van der Waals surface area contributed by atoms with Gasteiger partial charge >= 0.3 is 0 Å². The van der Waals surface area contributed by atoms with Gasteiger partial charge in [-0.25, -0.2) is 21.2 Å². The summed E-state index contributed by atoms with van der Waals surface area (Å²) in [5, 5.41) is 15.1. The molecular formula is C25H20FN3O6S2. The van der Waals surface area contributed by atoms with Crippen molar-refractivity contribution in [2.45, 2.75) is 11.4 Å². The summed E-state index contributed by atoms with van der Waals surface area (Å²) in [6.45, 7) is 0.0457. The van der Waals surface area contributed by atoms with Crippen molar-refractivity contribution in [1.29, 1.82) is 0 Å². The molecule has 9 nitrogen and oxygen atoms in total. The number of nitrogens with zero attached hydrogens (tertiary/aromatic N) is 1. The Bertz CT molecular complexity index is 1880. The number of benzene rings is 3. The SMILES string of the molecule is CS(=O)(=O)Nc1ccc2c(c1)S(=O)(=O)C=C(c1c(O)c3ccccc3n(Cc3ccc(F)cc3)c1=O)N2. The van der Waals surface area contributed by atoms with Gasteiger partial charge in [-0.3, -0.25) is 9.52 Å². The van der Waals surface area contributed by atoms with Crippen LogP contribution in [0.15, 0.2) is 81.8 Å². The molecule has 0 radical (unpaired) electrons. The molecule has 1 aromatic heterocycles. The first-order valence-electron chi connectivity index (χ1n) is 10.9. The predicted octanol–water partition coefficient (Wildman–Crippen LogP) is 3.46. The average molecular weight is 542 g/mol. The van der Waals surface area contributed by atoms with Crippen molar-refractivity contribution in [2.75, 3.05) is 16.3 Å². The number of anilines is 2. The van der Waals surface area contributed by atoms with E-state index in [2.05, 4.69) is 10.0 Å². The number of nitrogens with one attached hydrogen (secondary N) is 2. The van der Waals surface area contributed by atoms with Gasteiger partial charge in [0.05, 0.1) is 40.0 Å². The smallest absolute Gasteiger partial charge is 0.264 e. The number of hydrogen-bond acceptors (Lipinski definition) is 7. The Hall–Kier alpha value is -4.16. The van der Waals surface area contributed by atoms with Gasteiger partial charge in [0.25, 0.3) is 5.56 Å². The highest BCUT2D eigenvalue weighted by Crippen LogP contribution is 2.38. The van der Waals surface area contributed by atoms with Crippen molar-refractivity contribution in [3.63, 3.8) is 0 Å². The Morgan fingerprint density at radius 2 is 1.76 bits per heavy atom. The van der Waals surface area contributed by atoms with Gasteiger partial charge < -0.3 is 15.0 Å². The van der Waals surface area contributed by atoms with Gasteiger partial charge in [-0.2, -0.15) is 0 Å². The van der Waals surface area contributed by atoms with E-state index in [1.165, 1.54) is 47.0 Å². The van der Waals surface area contributed by atoms with Crippen molar-refractivity contribution in [1.82, 2.24) is 4.57 Å². The number of sulfone groups is 1. The van der Waals surface area contributed by atoms with Gasteiger partial charge in [-0.05, 0) is 48.0 Å². The summed E-state index contributed by atoms with van der Waals surface area (Å²) >= 11 is 0. The molecule has 1 aliphatic rings. The highest BCUT2D eigenvalue weighted by molar-refractivity contribution is 7.94. The van der Waals surface area contributed by atoms with Crippen molar-refractivity contribution < 1.29 is 26.3 Å². The molecular weight excluding hydrogens is 521 g/mol. The van der Waals surface area contributed by atoms with Crippen LogP contribution >= 0.6 is 0 Å². The zero-order chi connectivity index (χ0) is 26.5. The van der Waals surface area contributed by atoms with E-state index in [1.807, 2.05) is 0 Å². The maximum Gasteiger partial charge on any atom is 0.264 e. The van der Waals surface area contributed by atoms with Crippen molar-refractivity contribution in [3.05, 3.63) is 99.4 Å². The van der Waals surface area contributed by atoms with Crippen LogP contribution in [0, 0.1) is 5.82 Å². The van der Waals surface area contributed by atoms with Crippen LogP contribution in [0.2, 0.25) is 0 Å². The summed E-state index contributed by atoms with van der Waals surface area (Å²) in [6.07, 6.45) is 0.941. The molecule has 0 atom stereocenters. The Kier molecular flexibility index (Phi) is 5.80. The van der Waals surface area contributed by atoms with E-state index in [1.54, 1.807) is 24.3 Å². The fourth-order valence-electron chi connectivity index (χ4n) is 4.21. The van der Waals surface area contributed by atoms with Crippen LogP contribution < -0.4 is 15.6 Å². The Morgan fingerprint density at radius 3 is 2.46 bits per heavy atom. The normalized spacial score (nSPS) is 14.5. The van der Waals surface area contributed by atoms with Gasteiger partial charge in [-0.15, -0.1) is 0 Å². The molecule has 3 N–H and O–H groups in total. The van der Waals surface area contributed by atoms with E-state index in [-0.39, 0.29) is 34.1 Å². The molecule has 12 heteroatoms. The van der Waals surface area contributed by atoms with Crippen LogP contribution in [0.25, 0.3) is 16.6 Å². The largest absolute Gasteiger partial charge is 0.506 e. The molecule has 190 valence electrons.